The fourth-order valence-corrected chi connectivity index (χ4v) is 4.25. The van der Waals surface area contributed by atoms with Gasteiger partial charge in [-0.25, -0.2) is 0 Å². The molecule has 0 saturated carbocycles. The van der Waals surface area contributed by atoms with Crippen molar-refractivity contribution in [2.45, 2.75) is 19.1 Å². The lowest BCUT2D eigenvalue weighted by Crippen LogP contribution is -2.50. The van der Waals surface area contributed by atoms with Gasteiger partial charge in [0.1, 0.15) is 4.83 Å². The number of nitrogens with zero attached hydrogens (tertiary/aromatic N) is 1. The molecule has 3 heterocycles. The fraction of sp³-hybridized carbons (Fsp3) is 0.316. The van der Waals surface area contributed by atoms with Gasteiger partial charge in [-0.2, -0.15) is 5.10 Å². The molecule has 0 bridgehead atoms. The highest BCUT2D eigenvalue weighted by Crippen LogP contribution is 2.30. The summed E-state index contributed by atoms with van der Waals surface area (Å²) < 4.78 is 5.69. The minimum Gasteiger partial charge on any atom is -0.373 e. The lowest BCUT2D eigenvalue weighted by Gasteiger charge is -2.29. The summed E-state index contributed by atoms with van der Waals surface area (Å²) in [5.41, 5.74) is 0.355. The van der Waals surface area contributed by atoms with Crippen LogP contribution in [0, 0.1) is 0 Å². The van der Waals surface area contributed by atoms with Crippen molar-refractivity contribution in [1.82, 2.24) is 20.8 Å². The van der Waals surface area contributed by atoms with Crippen molar-refractivity contribution in [1.29, 1.82) is 0 Å². The molecule has 1 aromatic carbocycles. The van der Waals surface area contributed by atoms with Gasteiger partial charge in [-0.15, -0.1) is 11.3 Å². The first kappa shape index (κ1) is 19.8. The van der Waals surface area contributed by atoms with Gasteiger partial charge in [-0.05, 0) is 25.1 Å². The Hall–Kier alpha value is -2.46. The second kappa shape index (κ2) is 8.50. The van der Waals surface area contributed by atoms with Crippen LogP contribution in [-0.4, -0.2) is 53.9 Å². The van der Waals surface area contributed by atoms with Crippen molar-refractivity contribution in [2.24, 2.45) is 0 Å². The summed E-state index contributed by atoms with van der Waals surface area (Å²) in [6.45, 7) is 4.08. The molecule has 0 spiro atoms. The SMILES string of the molecule is CC(NC(=O)c1cc2c(NC(=O)c3ccccc3Cl)n[nH]c2s1)C1CNCCO1. The monoisotopic (exact) mass is 433 g/mol. The van der Waals surface area contributed by atoms with Crippen LogP contribution in [0.5, 0.6) is 0 Å². The molecule has 1 fully saturated rings. The lowest BCUT2D eigenvalue weighted by atomic mass is 10.1. The van der Waals surface area contributed by atoms with E-state index in [1.54, 1.807) is 30.3 Å². The average Bonchev–Trinajstić information content (AvgIpc) is 3.31. The molecule has 8 nitrogen and oxygen atoms in total. The number of amides is 2. The number of morpholine rings is 1. The minimum absolute atomic E-state index is 0.0651. The molecule has 3 aromatic rings. The molecule has 1 saturated heterocycles. The molecule has 2 amide bonds. The van der Waals surface area contributed by atoms with Crippen molar-refractivity contribution in [2.75, 3.05) is 25.0 Å². The topological polar surface area (TPSA) is 108 Å². The van der Waals surface area contributed by atoms with Crippen LogP contribution < -0.4 is 16.0 Å². The summed E-state index contributed by atoms with van der Waals surface area (Å²) in [6.07, 6.45) is -0.0651. The number of anilines is 1. The Morgan fingerprint density at radius 3 is 2.93 bits per heavy atom. The van der Waals surface area contributed by atoms with Gasteiger partial charge in [0.25, 0.3) is 11.8 Å². The molecule has 0 aliphatic carbocycles. The molecule has 29 heavy (non-hydrogen) atoms. The molecule has 10 heteroatoms. The predicted molar refractivity (Wildman–Crippen MR) is 113 cm³/mol. The number of hydrogen-bond donors (Lipinski definition) is 4. The standard InChI is InChI=1S/C19H20ClN5O3S/c1-10(14-9-21-6-7-28-14)22-18(27)15-8-12-16(24-25-19(12)29-15)23-17(26)11-4-2-3-5-13(11)20/h2-5,8,10,14,21H,6-7,9H2,1H3,(H,22,27)(H2,23,24,25,26). The minimum atomic E-state index is -0.364. The van der Waals surface area contributed by atoms with E-state index in [4.69, 9.17) is 16.3 Å². The number of fused-ring (bicyclic) bond motifs is 1. The summed E-state index contributed by atoms with van der Waals surface area (Å²) >= 11 is 7.36. The van der Waals surface area contributed by atoms with E-state index in [1.807, 2.05) is 6.92 Å². The summed E-state index contributed by atoms with van der Waals surface area (Å²) in [7, 11) is 0. The first-order valence-electron chi connectivity index (χ1n) is 9.20. The number of aromatic amines is 1. The molecule has 4 N–H and O–H groups in total. The van der Waals surface area contributed by atoms with Crippen LogP contribution in [0.2, 0.25) is 5.02 Å². The number of carbonyl (C=O) groups excluding carboxylic acids is 2. The smallest absolute Gasteiger partial charge is 0.261 e. The van der Waals surface area contributed by atoms with E-state index in [0.717, 1.165) is 6.54 Å². The zero-order valence-electron chi connectivity index (χ0n) is 15.6. The highest BCUT2D eigenvalue weighted by Gasteiger charge is 2.24. The number of hydrogen-bond acceptors (Lipinski definition) is 6. The van der Waals surface area contributed by atoms with Crippen molar-refractivity contribution in [3.8, 4) is 0 Å². The Balaban J connectivity index is 1.47. The Kier molecular flexibility index (Phi) is 5.81. The second-order valence-electron chi connectivity index (χ2n) is 6.74. The Morgan fingerprint density at radius 1 is 1.34 bits per heavy atom. The summed E-state index contributed by atoms with van der Waals surface area (Å²) in [5.74, 6) is -0.200. The fourth-order valence-electron chi connectivity index (χ4n) is 3.12. The number of thiophene rings is 1. The van der Waals surface area contributed by atoms with Gasteiger partial charge in [0, 0.05) is 13.1 Å². The van der Waals surface area contributed by atoms with Crippen LogP contribution in [-0.2, 0) is 4.74 Å². The van der Waals surface area contributed by atoms with Crippen LogP contribution in [0.4, 0.5) is 5.82 Å². The van der Waals surface area contributed by atoms with E-state index >= 15 is 0 Å². The first-order valence-corrected chi connectivity index (χ1v) is 10.4. The van der Waals surface area contributed by atoms with Crippen molar-refractivity contribution < 1.29 is 14.3 Å². The molecule has 4 rings (SSSR count). The normalized spacial score (nSPS) is 17.8. The third-order valence-corrected chi connectivity index (χ3v) is 6.07. The number of ether oxygens (including phenoxy) is 1. The van der Waals surface area contributed by atoms with Crippen molar-refractivity contribution in [3.05, 3.63) is 45.8 Å². The Bertz CT molecular complexity index is 1040. The summed E-state index contributed by atoms with van der Waals surface area (Å²) in [4.78, 5) is 26.4. The molecule has 0 radical (unpaired) electrons. The van der Waals surface area contributed by atoms with Gasteiger partial charge in [0.2, 0.25) is 0 Å². The molecule has 2 atom stereocenters. The quantitative estimate of drug-likeness (QED) is 0.494. The number of carbonyl (C=O) groups is 2. The molecule has 1 aliphatic heterocycles. The van der Waals surface area contributed by atoms with Crippen molar-refractivity contribution in [3.63, 3.8) is 0 Å². The molecule has 152 valence electrons. The van der Waals surface area contributed by atoms with Crippen LogP contribution in [0.15, 0.2) is 30.3 Å². The van der Waals surface area contributed by atoms with E-state index in [9.17, 15) is 9.59 Å². The highest BCUT2D eigenvalue weighted by molar-refractivity contribution is 7.20. The molecule has 1 aliphatic rings. The number of aromatic nitrogens is 2. The second-order valence-corrected chi connectivity index (χ2v) is 8.19. The Labute approximate surface area is 176 Å². The van der Waals surface area contributed by atoms with E-state index in [0.29, 0.717) is 44.6 Å². The number of halogens is 1. The zero-order valence-corrected chi connectivity index (χ0v) is 17.2. The maximum absolute atomic E-state index is 12.6. The zero-order chi connectivity index (χ0) is 20.4. The maximum Gasteiger partial charge on any atom is 0.261 e. The van der Waals surface area contributed by atoms with Crippen LogP contribution in [0.25, 0.3) is 10.2 Å². The van der Waals surface area contributed by atoms with Gasteiger partial charge < -0.3 is 20.7 Å². The molecular weight excluding hydrogens is 414 g/mol. The first-order chi connectivity index (χ1) is 14.0. The number of nitrogens with one attached hydrogen (secondary N) is 4. The third kappa shape index (κ3) is 4.27. The number of rotatable bonds is 5. The van der Waals surface area contributed by atoms with E-state index in [-0.39, 0.29) is 24.0 Å². The van der Waals surface area contributed by atoms with Crippen LogP contribution >= 0.6 is 22.9 Å². The van der Waals surface area contributed by atoms with Gasteiger partial charge in [0.15, 0.2) is 5.82 Å². The lowest BCUT2D eigenvalue weighted by molar-refractivity contribution is 0.00864. The van der Waals surface area contributed by atoms with Gasteiger partial charge in [-0.1, -0.05) is 23.7 Å². The van der Waals surface area contributed by atoms with Crippen molar-refractivity contribution >= 4 is 50.8 Å². The predicted octanol–water partition coefficient (Wildman–Crippen LogP) is 2.64. The molecule has 2 unspecified atom stereocenters. The number of benzene rings is 1. The largest absolute Gasteiger partial charge is 0.373 e. The van der Waals surface area contributed by atoms with E-state index in [2.05, 4.69) is 26.1 Å². The molecular formula is C19H20ClN5O3S. The number of H-pyrrole nitrogens is 1. The van der Waals surface area contributed by atoms with E-state index < -0.39 is 0 Å². The van der Waals surface area contributed by atoms with E-state index in [1.165, 1.54) is 11.3 Å². The highest BCUT2D eigenvalue weighted by atomic mass is 35.5. The van der Waals surface area contributed by atoms with Gasteiger partial charge in [0.05, 0.1) is 39.6 Å². The Morgan fingerprint density at radius 2 is 2.17 bits per heavy atom. The maximum atomic E-state index is 12.6. The van der Waals surface area contributed by atoms with Crippen LogP contribution in [0.1, 0.15) is 27.0 Å². The van der Waals surface area contributed by atoms with Gasteiger partial charge >= 0.3 is 0 Å². The summed E-state index contributed by atoms with van der Waals surface area (Å²) in [6, 6.07) is 8.36. The third-order valence-electron chi connectivity index (χ3n) is 4.70. The van der Waals surface area contributed by atoms with Gasteiger partial charge in [-0.3, -0.25) is 14.7 Å². The summed E-state index contributed by atoms with van der Waals surface area (Å²) in [5, 5.41) is 17.0. The molecule has 2 aromatic heterocycles. The van der Waals surface area contributed by atoms with Crippen LogP contribution in [0.3, 0.4) is 0 Å². The average molecular weight is 434 g/mol.